The van der Waals surface area contributed by atoms with E-state index in [4.69, 9.17) is 5.73 Å². The van der Waals surface area contributed by atoms with Crippen molar-refractivity contribution in [1.82, 2.24) is 5.16 Å². The summed E-state index contributed by atoms with van der Waals surface area (Å²) in [5.74, 6) is -3.38. The van der Waals surface area contributed by atoms with Crippen molar-refractivity contribution in [2.45, 2.75) is 0 Å². The van der Waals surface area contributed by atoms with Gasteiger partial charge >= 0.3 is 0 Å². The first-order valence-corrected chi connectivity index (χ1v) is 3.95. The zero-order valence-corrected chi connectivity index (χ0v) is 7.30. The summed E-state index contributed by atoms with van der Waals surface area (Å²) in [5, 5.41) is 3.31. The second kappa shape index (κ2) is 3.30. The maximum Gasteiger partial charge on any atom is 0.172 e. The minimum absolute atomic E-state index is 0.0362. The Morgan fingerprint density at radius 3 is 2.27 bits per heavy atom. The average Bonchev–Trinajstić information content (AvgIpc) is 2.58. The standard InChI is InChI=1S/C9H5F3N2O/c10-5-2-7(12)6(11)1-4(5)8-3-9(13)14-15-8/h1-3H,(H2,13,14). The predicted molar refractivity (Wildman–Crippen MR) is 46.2 cm³/mol. The number of rotatable bonds is 1. The quantitative estimate of drug-likeness (QED) is 0.741. The lowest BCUT2D eigenvalue weighted by Gasteiger charge is -1.99. The topological polar surface area (TPSA) is 52.0 Å². The van der Waals surface area contributed by atoms with Crippen LogP contribution in [-0.2, 0) is 0 Å². The monoisotopic (exact) mass is 214 g/mol. The maximum absolute atomic E-state index is 13.2. The zero-order valence-electron chi connectivity index (χ0n) is 7.30. The van der Waals surface area contributed by atoms with Gasteiger partial charge in [0.15, 0.2) is 23.2 Å². The molecule has 6 heteroatoms. The van der Waals surface area contributed by atoms with Crippen LogP contribution in [0.25, 0.3) is 11.3 Å². The molecule has 0 atom stereocenters. The minimum atomic E-state index is -1.26. The Bertz CT molecular complexity index is 510. The van der Waals surface area contributed by atoms with Crippen LogP contribution in [0.5, 0.6) is 0 Å². The third-order valence-corrected chi connectivity index (χ3v) is 1.80. The summed E-state index contributed by atoms with van der Waals surface area (Å²) in [6.07, 6.45) is 0. The highest BCUT2D eigenvalue weighted by Crippen LogP contribution is 2.26. The van der Waals surface area contributed by atoms with Crippen LogP contribution >= 0.6 is 0 Å². The van der Waals surface area contributed by atoms with Gasteiger partial charge in [-0.15, -0.1) is 0 Å². The molecule has 0 bridgehead atoms. The van der Waals surface area contributed by atoms with Gasteiger partial charge in [0.05, 0.1) is 5.56 Å². The molecule has 0 aliphatic carbocycles. The lowest BCUT2D eigenvalue weighted by molar-refractivity contribution is 0.431. The van der Waals surface area contributed by atoms with Crippen LogP contribution in [0, 0.1) is 17.5 Å². The summed E-state index contributed by atoms with van der Waals surface area (Å²) in [4.78, 5) is 0. The van der Waals surface area contributed by atoms with Crippen LogP contribution in [0.1, 0.15) is 0 Å². The molecule has 0 unspecified atom stereocenters. The third-order valence-electron chi connectivity index (χ3n) is 1.80. The van der Waals surface area contributed by atoms with Crippen molar-refractivity contribution in [3.63, 3.8) is 0 Å². The molecule has 15 heavy (non-hydrogen) atoms. The third kappa shape index (κ3) is 1.65. The van der Waals surface area contributed by atoms with Gasteiger partial charge in [-0.25, -0.2) is 13.2 Å². The van der Waals surface area contributed by atoms with Crippen LogP contribution in [0.15, 0.2) is 22.7 Å². The van der Waals surface area contributed by atoms with Crippen LogP contribution < -0.4 is 5.73 Å². The van der Waals surface area contributed by atoms with Gasteiger partial charge in [0.25, 0.3) is 0 Å². The van der Waals surface area contributed by atoms with Gasteiger partial charge in [0.2, 0.25) is 0 Å². The Kier molecular flexibility index (Phi) is 2.11. The van der Waals surface area contributed by atoms with E-state index in [1.165, 1.54) is 6.07 Å². The number of nitrogens with zero attached hydrogens (tertiary/aromatic N) is 1. The largest absolute Gasteiger partial charge is 0.381 e. The molecule has 1 aromatic heterocycles. The molecule has 2 N–H and O–H groups in total. The second-order valence-electron chi connectivity index (χ2n) is 2.86. The SMILES string of the molecule is Nc1cc(-c2cc(F)c(F)cc2F)on1. The number of hydrogen-bond donors (Lipinski definition) is 1. The lowest BCUT2D eigenvalue weighted by Crippen LogP contribution is -1.90. The molecular formula is C9H5F3N2O. The van der Waals surface area contributed by atoms with E-state index >= 15 is 0 Å². The first-order valence-electron chi connectivity index (χ1n) is 3.95. The van der Waals surface area contributed by atoms with Gasteiger partial charge in [-0.05, 0) is 6.07 Å². The fraction of sp³-hybridized carbons (Fsp3) is 0. The normalized spacial score (nSPS) is 10.6. The Morgan fingerprint density at radius 1 is 1.00 bits per heavy atom. The molecule has 0 fully saturated rings. The molecule has 3 nitrogen and oxygen atoms in total. The molecule has 0 saturated carbocycles. The number of nitrogens with two attached hydrogens (primary N) is 1. The number of halogens is 3. The second-order valence-corrected chi connectivity index (χ2v) is 2.86. The van der Waals surface area contributed by atoms with Crippen molar-refractivity contribution in [3.8, 4) is 11.3 Å². The maximum atomic E-state index is 13.2. The van der Waals surface area contributed by atoms with E-state index in [1.807, 2.05) is 0 Å². The molecule has 0 saturated heterocycles. The highest BCUT2D eigenvalue weighted by Gasteiger charge is 2.14. The highest BCUT2D eigenvalue weighted by atomic mass is 19.2. The van der Waals surface area contributed by atoms with Crippen molar-refractivity contribution in [3.05, 3.63) is 35.7 Å². The number of nitrogen functional groups attached to an aromatic ring is 1. The van der Waals surface area contributed by atoms with E-state index in [0.717, 1.165) is 0 Å². The van der Waals surface area contributed by atoms with Gasteiger partial charge in [0, 0.05) is 12.1 Å². The van der Waals surface area contributed by atoms with Gasteiger partial charge in [-0.3, -0.25) is 0 Å². The van der Waals surface area contributed by atoms with Gasteiger partial charge in [-0.2, -0.15) is 0 Å². The molecule has 1 heterocycles. The van der Waals surface area contributed by atoms with Crippen LogP contribution in [0.4, 0.5) is 19.0 Å². The van der Waals surface area contributed by atoms with Gasteiger partial charge in [0.1, 0.15) is 5.82 Å². The Balaban J connectivity index is 2.58. The number of hydrogen-bond acceptors (Lipinski definition) is 3. The summed E-state index contributed by atoms with van der Waals surface area (Å²) in [6.45, 7) is 0. The summed E-state index contributed by atoms with van der Waals surface area (Å²) >= 11 is 0. The zero-order chi connectivity index (χ0) is 11.0. The summed E-state index contributed by atoms with van der Waals surface area (Å²) < 4.78 is 43.2. The summed E-state index contributed by atoms with van der Waals surface area (Å²) in [7, 11) is 0. The molecule has 0 aliphatic heterocycles. The van der Waals surface area contributed by atoms with Crippen molar-refractivity contribution >= 4 is 5.82 Å². The smallest absolute Gasteiger partial charge is 0.172 e. The molecule has 1 aromatic carbocycles. The van der Waals surface area contributed by atoms with Crippen molar-refractivity contribution in [1.29, 1.82) is 0 Å². The van der Waals surface area contributed by atoms with Crippen molar-refractivity contribution < 1.29 is 17.7 Å². The minimum Gasteiger partial charge on any atom is -0.381 e. The van der Waals surface area contributed by atoms with Gasteiger partial charge in [-0.1, -0.05) is 5.16 Å². The summed E-state index contributed by atoms with van der Waals surface area (Å²) in [5.41, 5.74) is 5.01. The first-order chi connectivity index (χ1) is 7.08. The average molecular weight is 214 g/mol. The molecular weight excluding hydrogens is 209 g/mol. The van der Waals surface area contributed by atoms with E-state index in [-0.39, 0.29) is 17.1 Å². The molecule has 2 rings (SSSR count). The molecule has 0 aliphatic rings. The van der Waals surface area contributed by atoms with E-state index < -0.39 is 17.5 Å². The Labute approximate surface area is 82.3 Å². The number of benzene rings is 1. The van der Waals surface area contributed by atoms with Crippen LogP contribution in [-0.4, -0.2) is 5.16 Å². The molecule has 0 amide bonds. The van der Waals surface area contributed by atoms with E-state index in [0.29, 0.717) is 12.1 Å². The predicted octanol–water partition coefficient (Wildman–Crippen LogP) is 2.34. The van der Waals surface area contributed by atoms with E-state index in [2.05, 4.69) is 9.68 Å². The Morgan fingerprint density at radius 2 is 1.67 bits per heavy atom. The van der Waals surface area contributed by atoms with Crippen molar-refractivity contribution in [2.24, 2.45) is 0 Å². The molecule has 0 radical (unpaired) electrons. The van der Waals surface area contributed by atoms with Gasteiger partial charge < -0.3 is 10.3 Å². The highest BCUT2D eigenvalue weighted by molar-refractivity contribution is 5.60. The number of aromatic nitrogens is 1. The number of anilines is 1. The van der Waals surface area contributed by atoms with Crippen LogP contribution in [0.3, 0.4) is 0 Å². The summed E-state index contributed by atoms with van der Waals surface area (Å²) in [6, 6.07) is 2.34. The molecule has 0 spiro atoms. The van der Waals surface area contributed by atoms with E-state index in [1.54, 1.807) is 0 Å². The fourth-order valence-corrected chi connectivity index (χ4v) is 1.13. The van der Waals surface area contributed by atoms with Crippen molar-refractivity contribution in [2.75, 3.05) is 5.73 Å². The van der Waals surface area contributed by atoms with E-state index in [9.17, 15) is 13.2 Å². The fourth-order valence-electron chi connectivity index (χ4n) is 1.13. The lowest BCUT2D eigenvalue weighted by atomic mass is 10.1. The first kappa shape index (κ1) is 9.57. The Hall–Kier alpha value is -1.98. The van der Waals surface area contributed by atoms with Crippen LogP contribution in [0.2, 0.25) is 0 Å². The molecule has 78 valence electrons. The molecule has 2 aromatic rings.